The quantitative estimate of drug-likeness (QED) is 0.188. The van der Waals surface area contributed by atoms with Gasteiger partial charge in [-0.3, -0.25) is 9.59 Å². The number of amides is 1. The summed E-state index contributed by atoms with van der Waals surface area (Å²) in [6.45, 7) is -0.00316. The minimum atomic E-state index is -4.82. The van der Waals surface area contributed by atoms with Crippen LogP contribution in [0, 0.1) is 0 Å². The number of carboxylic acid groups (broad SMARTS) is 1. The van der Waals surface area contributed by atoms with Gasteiger partial charge in [0.2, 0.25) is 0 Å². The molecule has 0 aliphatic rings. The monoisotopic (exact) mass is 591 g/mol. The van der Waals surface area contributed by atoms with Gasteiger partial charge >= 0.3 is 12.3 Å². The first-order chi connectivity index (χ1) is 20.6. The van der Waals surface area contributed by atoms with Gasteiger partial charge in [0.05, 0.1) is 25.4 Å². The van der Waals surface area contributed by atoms with E-state index < -0.39 is 18.2 Å². The van der Waals surface area contributed by atoms with E-state index in [1.165, 1.54) is 42.6 Å². The topological polar surface area (TPSA) is 112 Å². The number of ether oxygens (including phenoxy) is 3. The fourth-order valence-electron chi connectivity index (χ4n) is 4.34. The first kappa shape index (κ1) is 29.0. The zero-order chi connectivity index (χ0) is 30.6. The Morgan fingerprint density at radius 3 is 2.21 bits per heavy atom. The van der Waals surface area contributed by atoms with E-state index in [9.17, 15) is 22.8 Å². The maximum absolute atomic E-state index is 12.7. The molecule has 2 N–H and O–H groups in total. The van der Waals surface area contributed by atoms with E-state index in [1.807, 2.05) is 36.4 Å². The van der Waals surface area contributed by atoms with Crippen LogP contribution in [-0.4, -0.2) is 46.8 Å². The number of methoxy groups -OCH3 is 1. The number of aromatic nitrogens is 2. The van der Waals surface area contributed by atoms with Gasteiger partial charge in [-0.2, -0.15) is 5.10 Å². The molecule has 9 nitrogen and oxygen atoms in total. The summed E-state index contributed by atoms with van der Waals surface area (Å²) in [6.07, 6.45) is -3.53. The second-order valence-corrected chi connectivity index (χ2v) is 9.26. The van der Waals surface area contributed by atoms with Crippen LogP contribution in [0.2, 0.25) is 0 Å². The molecule has 1 amide bonds. The molecule has 0 spiro atoms. The predicted octanol–water partition coefficient (Wildman–Crippen LogP) is 6.60. The second-order valence-electron chi connectivity index (χ2n) is 9.26. The predicted molar refractivity (Wildman–Crippen MR) is 151 cm³/mol. The number of rotatable bonds is 10. The fraction of sp³-hybridized carbons (Fsp3) is 0.129. The van der Waals surface area contributed by atoms with Crippen LogP contribution < -0.4 is 19.5 Å². The Balaban J connectivity index is 1.48. The van der Waals surface area contributed by atoms with Crippen molar-refractivity contribution in [2.45, 2.75) is 12.8 Å². The lowest BCUT2D eigenvalue weighted by Gasteiger charge is -2.13. The molecule has 0 unspecified atom stereocenters. The summed E-state index contributed by atoms with van der Waals surface area (Å²) < 4.78 is 55.1. The Bertz CT molecular complexity index is 1770. The van der Waals surface area contributed by atoms with Crippen LogP contribution in [0.3, 0.4) is 0 Å². The second kappa shape index (κ2) is 12.1. The van der Waals surface area contributed by atoms with E-state index in [0.29, 0.717) is 34.2 Å². The zero-order valence-corrected chi connectivity index (χ0v) is 22.6. The third-order valence-corrected chi connectivity index (χ3v) is 6.34. The van der Waals surface area contributed by atoms with Crippen LogP contribution in [0.5, 0.6) is 23.0 Å². The molecule has 1 heterocycles. The summed E-state index contributed by atoms with van der Waals surface area (Å²) in [7, 11) is 1.58. The normalized spacial score (nSPS) is 11.3. The smallest absolute Gasteiger partial charge is 0.497 e. The van der Waals surface area contributed by atoms with Crippen LogP contribution in [0.25, 0.3) is 27.7 Å². The number of halogens is 3. The van der Waals surface area contributed by atoms with Gasteiger partial charge in [-0.1, -0.05) is 18.2 Å². The van der Waals surface area contributed by atoms with Crippen LogP contribution in [0.4, 0.5) is 13.2 Å². The number of carboxylic acids is 1. The molecule has 0 aliphatic heterocycles. The standard InChI is InChI=1S/C31H24F3N3O6/c1-41-26-11-6-20-16-22(3-2-21(20)17-26)29-27(18-36-37(29)23-7-12-25(13-8-23)43-31(32,33)34)42-24-9-4-19(5-10-24)30(40)35-15-14-28(38)39/h2-13,16-18H,14-15H2,1H3,(H,35,40)(H,38,39). The molecule has 0 atom stereocenters. The number of nitrogens with one attached hydrogen (secondary N) is 1. The number of alkyl halides is 3. The lowest BCUT2D eigenvalue weighted by Crippen LogP contribution is -2.25. The van der Waals surface area contributed by atoms with E-state index in [-0.39, 0.29) is 18.7 Å². The number of nitrogens with zero attached hydrogens (tertiary/aromatic N) is 2. The Labute approximate surface area is 243 Å². The van der Waals surface area contributed by atoms with Crippen LogP contribution in [-0.2, 0) is 4.79 Å². The van der Waals surface area contributed by atoms with E-state index in [0.717, 1.165) is 16.3 Å². The van der Waals surface area contributed by atoms with Gasteiger partial charge in [-0.05, 0) is 77.5 Å². The Morgan fingerprint density at radius 1 is 0.884 bits per heavy atom. The van der Waals surface area contributed by atoms with Gasteiger partial charge in [0, 0.05) is 17.7 Å². The summed E-state index contributed by atoms with van der Waals surface area (Å²) in [5, 5.41) is 17.6. The highest BCUT2D eigenvalue weighted by atomic mass is 19.4. The molecule has 43 heavy (non-hydrogen) atoms. The van der Waals surface area contributed by atoms with Crippen molar-refractivity contribution in [3.63, 3.8) is 0 Å². The third kappa shape index (κ3) is 7.04. The average molecular weight is 592 g/mol. The van der Waals surface area contributed by atoms with Crippen molar-refractivity contribution in [2.24, 2.45) is 0 Å². The SMILES string of the molecule is COc1ccc2cc(-c3c(Oc4ccc(C(=O)NCCC(=O)O)cc4)cnn3-c3ccc(OC(F)(F)F)cc3)ccc2c1. The highest BCUT2D eigenvalue weighted by Crippen LogP contribution is 2.37. The summed E-state index contributed by atoms with van der Waals surface area (Å²) in [6, 6.07) is 22.9. The molecule has 0 bridgehead atoms. The molecular formula is C31H24F3N3O6. The highest BCUT2D eigenvalue weighted by Gasteiger charge is 2.31. The number of carbonyl (C=O) groups excluding carboxylic acids is 1. The summed E-state index contributed by atoms with van der Waals surface area (Å²) in [4.78, 5) is 23.0. The molecule has 4 aromatic carbocycles. The first-order valence-corrected chi connectivity index (χ1v) is 12.9. The molecule has 5 aromatic rings. The van der Waals surface area contributed by atoms with Crippen LogP contribution in [0.15, 0.2) is 91.1 Å². The van der Waals surface area contributed by atoms with Crippen molar-refractivity contribution in [3.8, 4) is 39.9 Å². The average Bonchev–Trinajstić information content (AvgIpc) is 3.39. The molecule has 0 saturated carbocycles. The number of benzene rings is 4. The number of fused-ring (bicyclic) bond motifs is 1. The van der Waals surface area contributed by atoms with Crippen molar-refractivity contribution in [3.05, 3.63) is 96.7 Å². The molecule has 0 radical (unpaired) electrons. The number of hydrogen-bond acceptors (Lipinski definition) is 6. The van der Waals surface area contributed by atoms with E-state index in [1.54, 1.807) is 23.9 Å². The third-order valence-electron chi connectivity index (χ3n) is 6.34. The van der Waals surface area contributed by atoms with E-state index in [2.05, 4.69) is 15.2 Å². The van der Waals surface area contributed by atoms with Crippen molar-refractivity contribution in [1.82, 2.24) is 15.1 Å². The molecule has 12 heteroatoms. The van der Waals surface area contributed by atoms with Crippen molar-refractivity contribution in [2.75, 3.05) is 13.7 Å². The largest absolute Gasteiger partial charge is 0.573 e. The summed E-state index contributed by atoms with van der Waals surface area (Å²) >= 11 is 0. The van der Waals surface area contributed by atoms with Gasteiger partial charge in [0.15, 0.2) is 5.75 Å². The maximum Gasteiger partial charge on any atom is 0.573 e. The minimum absolute atomic E-state index is 0.00316. The highest BCUT2D eigenvalue weighted by molar-refractivity contribution is 5.94. The first-order valence-electron chi connectivity index (χ1n) is 12.9. The lowest BCUT2D eigenvalue weighted by atomic mass is 10.0. The number of aliphatic carboxylic acids is 1. The van der Waals surface area contributed by atoms with E-state index in [4.69, 9.17) is 14.6 Å². The Morgan fingerprint density at radius 2 is 1.53 bits per heavy atom. The van der Waals surface area contributed by atoms with Gasteiger partial charge in [0.1, 0.15) is 22.9 Å². The summed E-state index contributed by atoms with van der Waals surface area (Å²) in [5.41, 5.74) is 2.02. The summed E-state index contributed by atoms with van der Waals surface area (Å²) in [5.74, 6) is -0.365. The maximum atomic E-state index is 12.7. The Hall–Kier alpha value is -5.52. The van der Waals surface area contributed by atoms with E-state index >= 15 is 0 Å². The van der Waals surface area contributed by atoms with Crippen LogP contribution in [0.1, 0.15) is 16.8 Å². The molecule has 0 fully saturated rings. The van der Waals surface area contributed by atoms with Crippen LogP contribution >= 0.6 is 0 Å². The zero-order valence-electron chi connectivity index (χ0n) is 22.6. The van der Waals surface area contributed by atoms with Gasteiger partial charge < -0.3 is 24.6 Å². The molecule has 220 valence electrons. The van der Waals surface area contributed by atoms with Crippen molar-refractivity contribution < 1.29 is 42.1 Å². The molecular weight excluding hydrogens is 567 g/mol. The van der Waals surface area contributed by atoms with Crippen molar-refractivity contribution >= 4 is 22.6 Å². The lowest BCUT2D eigenvalue weighted by molar-refractivity contribution is -0.274. The Kier molecular flexibility index (Phi) is 8.19. The van der Waals surface area contributed by atoms with Gasteiger partial charge in [-0.15, -0.1) is 13.2 Å². The number of hydrogen-bond donors (Lipinski definition) is 2. The van der Waals surface area contributed by atoms with Crippen molar-refractivity contribution in [1.29, 1.82) is 0 Å². The molecule has 5 rings (SSSR count). The molecule has 0 saturated heterocycles. The molecule has 1 aromatic heterocycles. The fourth-order valence-corrected chi connectivity index (χ4v) is 4.34. The van der Waals surface area contributed by atoms with Gasteiger partial charge in [-0.25, -0.2) is 4.68 Å². The van der Waals surface area contributed by atoms with Gasteiger partial charge in [0.25, 0.3) is 5.91 Å². The minimum Gasteiger partial charge on any atom is -0.497 e. The number of carbonyl (C=O) groups is 2. The molecule has 0 aliphatic carbocycles.